The third kappa shape index (κ3) is 2.12. The van der Waals surface area contributed by atoms with E-state index in [9.17, 15) is 14.9 Å². The van der Waals surface area contributed by atoms with Crippen molar-refractivity contribution in [3.8, 4) is 6.07 Å². The minimum Gasteiger partial charge on any atom is -0.274 e. The van der Waals surface area contributed by atoms with Crippen LogP contribution in [-0.2, 0) is 21.4 Å². The van der Waals surface area contributed by atoms with E-state index in [1.165, 1.54) is 4.90 Å². The number of aryl methyl sites for hydroxylation is 1. The average Bonchev–Trinajstić information content (AvgIpc) is 2.89. The Labute approximate surface area is 156 Å². The lowest BCUT2D eigenvalue weighted by Gasteiger charge is -2.36. The molecule has 0 saturated carbocycles. The van der Waals surface area contributed by atoms with Crippen molar-refractivity contribution in [2.24, 2.45) is 11.8 Å². The maximum Gasteiger partial charge on any atom is 0.239 e. The number of aromatic nitrogens is 1. The highest BCUT2D eigenvalue weighted by Crippen LogP contribution is 2.49. The van der Waals surface area contributed by atoms with Crippen LogP contribution >= 0.6 is 11.6 Å². The number of amides is 2. The van der Waals surface area contributed by atoms with Crippen LogP contribution in [0.1, 0.15) is 23.7 Å². The molecule has 1 aliphatic heterocycles. The van der Waals surface area contributed by atoms with Crippen molar-refractivity contribution in [3.05, 3.63) is 58.4 Å². The van der Waals surface area contributed by atoms with Gasteiger partial charge in [0.2, 0.25) is 11.8 Å². The topological polar surface area (TPSA) is 74.1 Å². The highest BCUT2D eigenvalue weighted by molar-refractivity contribution is 6.30. The van der Waals surface area contributed by atoms with Crippen molar-refractivity contribution in [1.82, 2.24) is 4.98 Å². The number of benzene rings is 1. The Hall–Kier alpha value is -2.71. The fourth-order valence-electron chi connectivity index (χ4n) is 4.17. The SMILES string of the molecule is Cc1cc2c(nc1Cl)[C@](C)(C#N)[C@H]1C(=O)N(c3ccccc3)C(=O)[C@H]1C2. The van der Waals surface area contributed by atoms with Gasteiger partial charge in [-0.05, 0) is 43.5 Å². The summed E-state index contributed by atoms with van der Waals surface area (Å²) in [6.07, 6.45) is 0.385. The predicted octanol–water partition coefficient (Wildman–Crippen LogP) is 3.19. The van der Waals surface area contributed by atoms with E-state index in [0.717, 1.165) is 11.1 Å². The molecule has 5 nitrogen and oxygen atoms in total. The molecule has 0 unspecified atom stereocenters. The highest BCUT2D eigenvalue weighted by atomic mass is 35.5. The molecular weight excluding hydrogens is 350 g/mol. The van der Waals surface area contributed by atoms with Gasteiger partial charge in [-0.25, -0.2) is 9.88 Å². The molecule has 26 heavy (non-hydrogen) atoms. The van der Waals surface area contributed by atoms with Crippen molar-refractivity contribution in [3.63, 3.8) is 0 Å². The van der Waals surface area contributed by atoms with Gasteiger partial charge in [0, 0.05) is 0 Å². The molecule has 2 aromatic rings. The lowest BCUT2D eigenvalue weighted by Crippen LogP contribution is -2.44. The first-order valence-electron chi connectivity index (χ1n) is 8.39. The first-order valence-corrected chi connectivity index (χ1v) is 8.77. The van der Waals surface area contributed by atoms with Crippen molar-refractivity contribution in [2.45, 2.75) is 25.7 Å². The summed E-state index contributed by atoms with van der Waals surface area (Å²) >= 11 is 6.18. The van der Waals surface area contributed by atoms with Crippen molar-refractivity contribution in [2.75, 3.05) is 4.90 Å². The van der Waals surface area contributed by atoms with E-state index in [0.29, 0.717) is 23.0 Å². The minimum atomic E-state index is -1.20. The largest absolute Gasteiger partial charge is 0.274 e. The van der Waals surface area contributed by atoms with E-state index in [1.807, 2.05) is 19.1 Å². The summed E-state index contributed by atoms with van der Waals surface area (Å²) in [7, 11) is 0. The number of carbonyl (C=O) groups excluding carboxylic acids is 2. The van der Waals surface area contributed by atoms with Gasteiger partial charge in [-0.15, -0.1) is 0 Å². The highest BCUT2D eigenvalue weighted by Gasteiger charge is 2.60. The Balaban J connectivity index is 1.89. The first kappa shape index (κ1) is 16.7. The van der Waals surface area contributed by atoms with Crippen LogP contribution in [0.25, 0.3) is 0 Å². The monoisotopic (exact) mass is 365 g/mol. The predicted molar refractivity (Wildman–Crippen MR) is 96.6 cm³/mol. The number of anilines is 1. The van der Waals surface area contributed by atoms with Crippen molar-refractivity contribution < 1.29 is 9.59 Å². The van der Waals surface area contributed by atoms with Crippen LogP contribution in [0.4, 0.5) is 5.69 Å². The van der Waals surface area contributed by atoms with Gasteiger partial charge in [0.15, 0.2) is 0 Å². The third-order valence-corrected chi connectivity index (χ3v) is 5.84. The maximum absolute atomic E-state index is 13.2. The Morgan fingerprint density at radius 3 is 2.62 bits per heavy atom. The minimum absolute atomic E-state index is 0.258. The van der Waals surface area contributed by atoms with Gasteiger partial charge in [0.25, 0.3) is 0 Å². The second-order valence-electron chi connectivity index (χ2n) is 7.05. The second kappa shape index (κ2) is 5.65. The number of nitriles is 1. The lowest BCUT2D eigenvalue weighted by atomic mass is 9.63. The molecule has 130 valence electrons. The van der Waals surface area contributed by atoms with Crippen LogP contribution in [0, 0.1) is 30.1 Å². The van der Waals surface area contributed by atoms with Gasteiger partial charge in [-0.3, -0.25) is 9.59 Å². The molecule has 6 heteroatoms. The Morgan fingerprint density at radius 2 is 1.96 bits per heavy atom. The molecule has 2 heterocycles. The van der Waals surface area contributed by atoms with Crippen molar-refractivity contribution in [1.29, 1.82) is 5.26 Å². The fourth-order valence-corrected chi connectivity index (χ4v) is 4.31. The molecule has 0 radical (unpaired) electrons. The number of fused-ring (bicyclic) bond motifs is 2. The lowest BCUT2D eigenvalue weighted by molar-refractivity contribution is -0.122. The summed E-state index contributed by atoms with van der Waals surface area (Å²) < 4.78 is 0. The average molecular weight is 366 g/mol. The zero-order valence-corrected chi connectivity index (χ0v) is 15.1. The molecule has 3 atom stereocenters. The van der Waals surface area contributed by atoms with Crippen LogP contribution in [-0.4, -0.2) is 16.8 Å². The van der Waals surface area contributed by atoms with Crippen LogP contribution in [0.3, 0.4) is 0 Å². The molecular formula is C20H16ClN3O2. The van der Waals surface area contributed by atoms with E-state index in [4.69, 9.17) is 11.6 Å². The molecule has 1 fully saturated rings. The molecule has 4 rings (SSSR count). The van der Waals surface area contributed by atoms with E-state index in [2.05, 4.69) is 11.1 Å². The molecule has 1 saturated heterocycles. The Bertz CT molecular complexity index is 983. The molecule has 0 spiro atoms. The van der Waals surface area contributed by atoms with Crippen LogP contribution in [0.2, 0.25) is 5.15 Å². The number of nitrogens with zero attached hydrogens (tertiary/aromatic N) is 3. The molecule has 1 aromatic heterocycles. The normalized spacial score (nSPS) is 27.1. The number of para-hydroxylation sites is 1. The van der Waals surface area contributed by atoms with E-state index in [-0.39, 0.29) is 11.8 Å². The van der Waals surface area contributed by atoms with E-state index >= 15 is 0 Å². The van der Waals surface area contributed by atoms with Gasteiger partial charge in [-0.2, -0.15) is 5.26 Å². The molecule has 1 aliphatic carbocycles. The Kier molecular flexibility index (Phi) is 3.64. The number of hydrogen-bond acceptors (Lipinski definition) is 4. The number of carbonyl (C=O) groups is 2. The zero-order chi connectivity index (χ0) is 18.6. The summed E-state index contributed by atoms with van der Waals surface area (Å²) in [6.45, 7) is 3.52. The molecule has 0 N–H and O–H groups in total. The van der Waals surface area contributed by atoms with Gasteiger partial charge in [0.05, 0.1) is 29.3 Å². The fraction of sp³-hybridized carbons (Fsp3) is 0.300. The molecule has 0 bridgehead atoms. The summed E-state index contributed by atoms with van der Waals surface area (Å²) in [5.74, 6) is -1.94. The van der Waals surface area contributed by atoms with E-state index < -0.39 is 17.3 Å². The third-order valence-electron chi connectivity index (χ3n) is 5.46. The Morgan fingerprint density at radius 1 is 1.27 bits per heavy atom. The summed E-state index contributed by atoms with van der Waals surface area (Å²) in [5, 5.41) is 10.3. The number of rotatable bonds is 1. The summed E-state index contributed by atoms with van der Waals surface area (Å²) in [6, 6.07) is 13.0. The van der Waals surface area contributed by atoms with Crippen LogP contribution in [0.15, 0.2) is 36.4 Å². The van der Waals surface area contributed by atoms with E-state index in [1.54, 1.807) is 31.2 Å². The van der Waals surface area contributed by atoms with Gasteiger partial charge in [-0.1, -0.05) is 35.9 Å². The van der Waals surface area contributed by atoms with Crippen molar-refractivity contribution >= 4 is 29.1 Å². The smallest absolute Gasteiger partial charge is 0.239 e. The van der Waals surface area contributed by atoms with Crippen LogP contribution < -0.4 is 4.90 Å². The summed E-state index contributed by atoms with van der Waals surface area (Å²) in [5.41, 5.74) is 1.44. The summed E-state index contributed by atoms with van der Waals surface area (Å²) in [4.78, 5) is 31.9. The zero-order valence-electron chi connectivity index (χ0n) is 14.4. The van der Waals surface area contributed by atoms with Gasteiger partial charge >= 0.3 is 0 Å². The second-order valence-corrected chi connectivity index (χ2v) is 7.41. The molecule has 1 aromatic carbocycles. The number of halogens is 1. The standard InChI is InChI=1S/C20H16ClN3O2/c1-11-8-12-9-14-15(20(2,10-22)16(12)23-17(11)21)19(26)24(18(14)25)13-6-4-3-5-7-13/h3-8,14-15H,9H2,1-2H3/t14-,15+,20+/m0/s1. The number of hydrogen-bond donors (Lipinski definition) is 0. The maximum atomic E-state index is 13.2. The number of pyridine rings is 1. The number of imide groups is 1. The van der Waals surface area contributed by atoms with Gasteiger partial charge < -0.3 is 0 Å². The van der Waals surface area contributed by atoms with Gasteiger partial charge in [0.1, 0.15) is 10.6 Å². The quantitative estimate of drug-likeness (QED) is 0.574. The first-order chi connectivity index (χ1) is 12.4. The molecule has 2 aliphatic rings. The van der Waals surface area contributed by atoms with Crippen LogP contribution in [0.5, 0.6) is 0 Å². The molecule has 2 amide bonds.